The Morgan fingerprint density at radius 1 is 1.16 bits per heavy atom. The molecule has 32 heavy (non-hydrogen) atoms. The standard InChI is InChI=1S/C25H30N2O5/c1-4-11-30-22-8-5-17(15-23(22)29-3)14-20-19-16-18(6-7-21(19)27(2)24(20)28)25(9-10-26)31-12-13-32-25/h5-8,14-16H,4,9-13,26H2,1-3H3/b20-14-. The molecule has 2 N–H and O–H groups in total. The highest BCUT2D eigenvalue weighted by molar-refractivity contribution is 6.35. The van der Waals surface area contributed by atoms with Gasteiger partial charge in [0.15, 0.2) is 17.3 Å². The molecule has 0 bridgehead atoms. The summed E-state index contributed by atoms with van der Waals surface area (Å²) in [6.07, 6.45) is 3.34. The minimum atomic E-state index is -0.861. The molecule has 0 aliphatic carbocycles. The molecule has 7 nitrogen and oxygen atoms in total. The van der Waals surface area contributed by atoms with Gasteiger partial charge in [0.25, 0.3) is 5.91 Å². The maximum Gasteiger partial charge on any atom is 0.258 e. The van der Waals surface area contributed by atoms with Gasteiger partial charge in [0.05, 0.1) is 32.6 Å². The highest BCUT2D eigenvalue weighted by Crippen LogP contribution is 2.42. The van der Waals surface area contributed by atoms with E-state index in [1.54, 1.807) is 19.1 Å². The van der Waals surface area contributed by atoms with Crippen molar-refractivity contribution in [3.05, 3.63) is 53.1 Å². The molecule has 0 radical (unpaired) electrons. The third kappa shape index (κ3) is 3.99. The fourth-order valence-corrected chi connectivity index (χ4v) is 4.20. The van der Waals surface area contributed by atoms with Crippen molar-refractivity contribution in [1.29, 1.82) is 0 Å². The van der Waals surface area contributed by atoms with E-state index >= 15 is 0 Å². The second-order valence-corrected chi connectivity index (χ2v) is 7.90. The van der Waals surface area contributed by atoms with Crippen molar-refractivity contribution in [3.63, 3.8) is 0 Å². The van der Waals surface area contributed by atoms with Crippen LogP contribution >= 0.6 is 0 Å². The summed E-state index contributed by atoms with van der Waals surface area (Å²) in [5.74, 6) is 0.396. The number of amides is 1. The molecule has 2 heterocycles. The minimum Gasteiger partial charge on any atom is -0.493 e. The first-order chi connectivity index (χ1) is 15.5. The largest absolute Gasteiger partial charge is 0.493 e. The second-order valence-electron chi connectivity index (χ2n) is 7.90. The normalized spacial score (nSPS) is 18.3. The number of hydrogen-bond acceptors (Lipinski definition) is 6. The van der Waals surface area contributed by atoms with Crippen molar-refractivity contribution in [2.75, 3.05) is 45.4 Å². The number of methoxy groups -OCH3 is 1. The highest BCUT2D eigenvalue weighted by Gasteiger charge is 2.40. The lowest BCUT2D eigenvalue weighted by Crippen LogP contribution is -2.30. The number of carbonyl (C=O) groups is 1. The number of anilines is 1. The monoisotopic (exact) mass is 438 g/mol. The molecular weight excluding hydrogens is 408 g/mol. The molecule has 2 aromatic rings. The summed E-state index contributed by atoms with van der Waals surface area (Å²) in [4.78, 5) is 14.7. The van der Waals surface area contributed by atoms with Gasteiger partial charge in [-0.25, -0.2) is 0 Å². The predicted molar refractivity (Wildman–Crippen MR) is 124 cm³/mol. The van der Waals surface area contributed by atoms with Gasteiger partial charge < -0.3 is 29.6 Å². The van der Waals surface area contributed by atoms with Crippen LogP contribution in [0.4, 0.5) is 5.69 Å². The van der Waals surface area contributed by atoms with Crippen LogP contribution in [0.5, 0.6) is 11.5 Å². The summed E-state index contributed by atoms with van der Waals surface area (Å²) < 4.78 is 23.2. The van der Waals surface area contributed by atoms with E-state index in [0.29, 0.717) is 49.9 Å². The lowest BCUT2D eigenvalue weighted by molar-refractivity contribution is -0.168. The van der Waals surface area contributed by atoms with Crippen LogP contribution in [0.1, 0.15) is 36.5 Å². The number of nitrogens with zero attached hydrogens (tertiary/aromatic N) is 1. The van der Waals surface area contributed by atoms with Crippen LogP contribution in [0.25, 0.3) is 11.6 Å². The van der Waals surface area contributed by atoms with E-state index in [1.807, 2.05) is 42.5 Å². The average Bonchev–Trinajstić information content (AvgIpc) is 3.38. The number of rotatable bonds is 8. The molecule has 0 spiro atoms. The summed E-state index contributed by atoms with van der Waals surface area (Å²) in [6, 6.07) is 11.6. The van der Waals surface area contributed by atoms with E-state index in [2.05, 4.69) is 6.92 Å². The Kier molecular flexibility index (Phi) is 6.50. The van der Waals surface area contributed by atoms with Gasteiger partial charge in [-0.1, -0.05) is 19.1 Å². The number of carbonyl (C=O) groups excluding carboxylic acids is 1. The zero-order valence-corrected chi connectivity index (χ0v) is 18.8. The van der Waals surface area contributed by atoms with Gasteiger partial charge in [-0.05, 0) is 48.9 Å². The molecule has 1 amide bonds. The molecule has 2 aliphatic heterocycles. The molecule has 2 aliphatic rings. The average molecular weight is 439 g/mol. The third-order valence-electron chi connectivity index (χ3n) is 5.81. The topological polar surface area (TPSA) is 83.3 Å². The Labute approximate surface area is 188 Å². The van der Waals surface area contributed by atoms with Crippen molar-refractivity contribution in [3.8, 4) is 11.5 Å². The minimum absolute atomic E-state index is 0.0661. The maximum atomic E-state index is 13.1. The van der Waals surface area contributed by atoms with Crippen LogP contribution in [0.3, 0.4) is 0 Å². The van der Waals surface area contributed by atoms with Gasteiger partial charge in [-0.15, -0.1) is 0 Å². The van der Waals surface area contributed by atoms with E-state index in [4.69, 9.17) is 24.7 Å². The van der Waals surface area contributed by atoms with Crippen molar-refractivity contribution < 1.29 is 23.7 Å². The van der Waals surface area contributed by atoms with Crippen molar-refractivity contribution in [1.82, 2.24) is 0 Å². The van der Waals surface area contributed by atoms with Gasteiger partial charge in [0, 0.05) is 30.2 Å². The Morgan fingerprint density at radius 2 is 1.94 bits per heavy atom. The summed E-state index contributed by atoms with van der Waals surface area (Å²) in [5.41, 5.74) is 9.85. The number of fused-ring (bicyclic) bond motifs is 1. The first-order valence-electron chi connectivity index (χ1n) is 11.0. The molecular formula is C25H30N2O5. The number of likely N-dealkylation sites (N-methyl/N-ethyl adjacent to an activating group) is 1. The van der Waals surface area contributed by atoms with Crippen LogP contribution in [-0.2, 0) is 20.1 Å². The van der Waals surface area contributed by atoms with Crippen LogP contribution in [0, 0.1) is 0 Å². The van der Waals surface area contributed by atoms with Gasteiger partial charge >= 0.3 is 0 Å². The van der Waals surface area contributed by atoms with Crippen molar-refractivity contribution in [2.45, 2.75) is 25.6 Å². The number of benzene rings is 2. The van der Waals surface area contributed by atoms with E-state index in [1.165, 1.54) is 0 Å². The zero-order chi connectivity index (χ0) is 22.7. The lowest BCUT2D eigenvalue weighted by Gasteiger charge is -2.28. The van der Waals surface area contributed by atoms with Crippen LogP contribution < -0.4 is 20.1 Å². The van der Waals surface area contributed by atoms with Gasteiger partial charge in [-0.2, -0.15) is 0 Å². The summed E-state index contributed by atoms with van der Waals surface area (Å²) >= 11 is 0. The summed E-state index contributed by atoms with van der Waals surface area (Å²) in [6.45, 7) is 4.14. The molecule has 170 valence electrons. The first-order valence-corrected chi connectivity index (χ1v) is 11.0. The zero-order valence-electron chi connectivity index (χ0n) is 18.8. The summed E-state index contributed by atoms with van der Waals surface area (Å²) in [7, 11) is 3.39. The second kappa shape index (κ2) is 9.32. The van der Waals surface area contributed by atoms with Gasteiger partial charge in [-0.3, -0.25) is 4.79 Å². The first kappa shape index (κ1) is 22.3. The quantitative estimate of drug-likeness (QED) is 0.635. The van der Waals surface area contributed by atoms with Crippen LogP contribution in [0.15, 0.2) is 36.4 Å². The van der Waals surface area contributed by atoms with Crippen molar-refractivity contribution >= 4 is 23.2 Å². The molecule has 2 aromatic carbocycles. The Hall–Kier alpha value is -2.87. The van der Waals surface area contributed by atoms with Gasteiger partial charge in [0.1, 0.15) is 0 Å². The maximum absolute atomic E-state index is 13.1. The number of hydrogen-bond donors (Lipinski definition) is 1. The van der Waals surface area contributed by atoms with E-state index in [0.717, 1.165) is 28.8 Å². The molecule has 0 unspecified atom stereocenters. The van der Waals surface area contributed by atoms with E-state index in [-0.39, 0.29) is 5.91 Å². The number of nitrogens with two attached hydrogens (primary N) is 1. The lowest BCUT2D eigenvalue weighted by atomic mass is 9.96. The molecule has 1 fully saturated rings. The number of ether oxygens (including phenoxy) is 4. The van der Waals surface area contributed by atoms with Crippen molar-refractivity contribution in [2.24, 2.45) is 5.73 Å². The molecule has 0 aromatic heterocycles. The molecule has 0 atom stereocenters. The Morgan fingerprint density at radius 3 is 2.62 bits per heavy atom. The molecule has 7 heteroatoms. The molecule has 1 saturated heterocycles. The Bertz CT molecular complexity index is 1030. The summed E-state index contributed by atoms with van der Waals surface area (Å²) in [5, 5.41) is 0. The smallest absolute Gasteiger partial charge is 0.258 e. The van der Waals surface area contributed by atoms with Crippen LogP contribution in [-0.4, -0.2) is 46.4 Å². The molecule has 0 saturated carbocycles. The predicted octanol–water partition coefficient (Wildman–Crippen LogP) is 3.55. The third-order valence-corrected chi connectivity index (χ3v) is 5.81. The van der Waals surface area contributed by atoms with E-state index in [9.17, 15) is 4.79 Å². The van der Waals surface area contributed by atoms with Crippen LogP contribution in [0.2, 0.25) is 0 Å². The fraction of sp³-hybridized carbons (Fsp3) is 0.400. The van der Waals surface area contributed by atoms with E-state index < -0.39 is 5.79 Å². The van der Waals surface area contributed by atoms with Gasteiger partial charge in [0.2, 0.25) is 0 Å². The Balaban J connectivity index is 1.74. The highest BCUT2D eigenvalue weighted by atomic mass is 16.7. The SMILES string of the molecule is CCCOc1ccc(/C=C2\C(=O)N(C)c3ccc(C4(CCN)OCCO4)cc32)cc1OC. The fourth-order valence-electron chi connectivity index (χ4n) is 4.20. The molecule has 4 rings (SSSR count).